The predicted molar refractivity (Wildman–Crippen MR) is 82.1 cm³/mol. The highest BCUT2D eigenvalue weighted by atomic mass is 19.1. The van der Waals surface area contributed by atoms with Crippen LogP contribution in [0.5, 0.6) is 0 Å². The average Bonchev–Trinajstić information content (AvgIpc) is 2.99. The van der Waals surface area contributed by atoms with Crippen molar-refractivity contribution in [2.75, 3.05) is 5.32 Å². The van der Waals surface area contributed by atoms with Crippen LogP contribution in [-0.2, 0) is 4.79 Å². The molecule has 2 heterocycles. The van der Waals surface area contributed by atoms with E-state index in [-0.39, 0.29) is 11.6 Å². The third-order valence-corrected chi connectivity index (χ3v) is 3.06. The highest BCUT2D eigenvalue weighted by Crippen LogP contribution is 2.10. The number of amides is 2. The molecule has 0 fully saturated rings. The van der Waals surface area contributed by atoms with Crippen LogP contribution in [0.2, 0.25) is 0 Å². The van der Waals surface area contributed by atoms with Gasteiger partial charge in [0.15, 0.2) is 11.5 Å². The first-order chi connectivity index (χ1) is 11.0. The summed E-state index contributed by atoms with van der Waals surface area (Å²) in [6.07, 6.45) is 3.22. The van der Waals surface area contributed by atoms with E-state index in [2.05, 4.69) is 25.8 Å². The fraction of sp³-hybridized carbons (Fsp3) is 0.333. The summed E-state index contributed by atoms with van der Waals surface area (Å²) in [6, 6.07) is 3.31. The lowest BCUT2D eigenvalue weighted by molar-refractivity contribution is -0.118. The number of pyridine rings is 1. The van der Waals surface area contributed by atoms with Crippen molar-refractivity contribution in [1.82, 2.24) is 20.5 Å². The maximum Gasteiger partial charge on any atom is 0.273 e. The Morgan fingerprint density at radius 1 is 1.30 bits per heavy atom. The minimum absolute atomic E-state index is 0.154. The molecule has 0 aliphatic heterocycles. The first-order valence-corrected chi connectivity index (χ1v) is 7.19. The van der Waals surface area contributed by atoms with Crippen molar-refractivity contribution in [3.63, 3.8) is 0 Å². The number of aromatic nitrogens is 3. The van der Waals surface area contributed by atoms with E-state index in [0.717, 1.165) is 6.07 Å². The van der Waals surface area contributed by atoms with Gasteiger partial charge >= 0.3 is 0 Å². The van der Waals surface area contributed by atoms with E-state index in [1.165, 1.54) is 18.5 Å². The fourth-order valence-electron chi connectivity index (χ4n) is 2.03. The second kappa shape index (κ2) is 7.48. The molecule has 2 amide bonds. The van der Waals surface area contributed by atoms with Crippen LogP contribution in [0.3, 0.4) is 0 Å². The van der Waals surface area contributed by atoms with Crippen LogP contribution in [0, 0.1) is 11.7 Å². The smallest absolute Gasteiger partial charge is 0.273 e. The number of aromatic amines is 1. The molecular formula is C15H18FN5O2. The quantitative estimate of drug-likeness (QED) is 0.755. The van der Waals surface area contributed by atoms with Crippen LogP contribution in [-0.4, -0.2) is 33.0 Å². The van der Waals surface area contributed by atoms with Crippen LogP contribution in [0.4, 0.5) is 10.2 Å². The number of hydrogen-bond donors (Lipinski definition) is 3. The van der Waals surface area contributed by atoms with Crippen LogP contribution >= 0.6 is 0 Å². The van der Waals surface area contributed by atoms with Crippen molar-refractivity contribution in [3.05, 3.63) is 42.1 Å². The van der Waals surface area contributed by atoms with Crippen molar-refractivity contribution >= 4 is 17.6 Å². The number of H-pyrrole nitrogens is 1. The molecule has 2 aromatic heterocycles. The van der Waals surface area contributed by atoms with Gasteiger partial charge in [0, 0.05) is 12.3 Å². The van der Waals surface area contributed by atoms with Gasteiger partial charge in [-0.15, -0.1) is 0 Å². The molecule has 3 N–H and O–H groups in total. The molecule has 0 bridgehead atoms. The molecule has 23 heavy (non-hydrogen) atoms. The van der Waals surface area contributed by atoms with Gasteiger partial charge in [0.2, 0.25) is 5.91 Å². The average molecular weight is 319 g/mol. The Kier molecular flexibility index (Phi) is 5.40. The van der Waals surface area contributed by atoms with Gasteiger partial charge in [0.1, 0.15) is 11.9 Å². The highest BCUT2D eigenvalue weighted by molar-refractivity contribution is 6.00. The molecular weight excluding hydrogens is 301 g/mol. The van der Waals surface area contributed by atoms with Gasteiger partial charge in [-0.3, -0.25) is 14.7 Å². The first-order valence-electron chi connectivity index (χ1n) is 7.19. The molecule has 0 aliphatic carbocycles. The van der Waals surface area contributed by atoms with E-state index in [1.807, 2.05) is 13.8 Å². The van der Waals surface area contributed by atoms with Gasteiger partial charge in [0.25, 0.3) is 5.91 Å². The second-order valence-corrected chi connectivity index (χ2v) is 5.45. The molecule has 122 valence electrons. The number of carbonyl (C=O) groups is 2. The lowest BCUT2D eigenvalue weighted by atomic mass is 10.0. The van der Waals surface area contributed by atoms with Gasteiger partial charge in [-0.2, -0.15) is 5.10 Å². The van der Waals surface area contributed by atoms with Crippen molar-refractivity contribution < 1.29 is 14.0 Å². The van der Waals surface area contributed by atoms with Gasteiger partial charge in [-0.1, -0.05) is 13.8 Å². The topological polar surface area (TPSA) is 99.8 Å². The molecule has 2 rings (SSSR count). The molecule has 0 saturated carbocycles. The number of hydrogen-bond acceptors (Lipinski definition) is 4. The van der Waals surface area contributed by atoms with E-state index in [0.29, 0.717) is 12.2 Å². The van der Waals surface area contributed by atoms with Crippen LogP contribution in [0.25, 0.3) is 0 Å². The normalized spacial score (nSPS) is 12.0. The Morgan fingerprint density at radius 3 is 2.70 bits per heavy atom. The van der Waals surface area contributed by atoms with Crippen molar-refractivity contribution in [3.8, 4) is 0 Å². The lowest BCUT2D eigenvalue weighted by Gasteiger charge is -2.19. The van der Waals surface area contributed by atoms with E-state index in [9.17, 15) is 14.0 Å². The van der Waals surface area contributed by atoms with E-state index in [4.69, 9.17) is 0 Å². The van der Waals surface area contributed by atoms with E-state index < -0.39 is 23.7 Å². The molecule has 0 aliphatic rings. The van der Waals surface area contributed by atoms with Gasteiger partial charge in [-0.25, -0.2) is 9.37 Å². The standard InChI is InChI=1S/C15H18FN5O2/c1-9(2)8-11(14(22)20-12-5-7-18-21-12)19-15(23)13-10(16)4-3-6-17-13/h3-7,9,11H,8H2,1-2H3,(H,19,23)(H2,18,20,21,22). The Labute approximate surface area is 132 Å². The fourth-order valence-corrected chi connectivity index (χ4v) is 2.03. The number of anilines is 1. The maximum absolute atomic E-state index is 13.6. The third-order valence-electron chi connectivity index (χ3n) is 3.06. The second-order valence-electron chi connectivity index (χ2n) is 5.45. The van der Waals surface area contributed by atoms with Crippen molar-refractivity contribution in [1.29, 1.82) is 0 Å². The Morgan fingerprint density at radius 2 is 2.09 bits per heavy atom. The minimum atomic E-state index is -0.813. The highest BCUT2D eigenvalue weighted by Gasteiger charge is 2.24. The summed E-state index contributed by atoms with van der Waals surface area (Å²) in [5.74, 6) is -1.30. The summed E-state index contributed by atoms with van der Waals surface area (Å²) in [6.45, 7) is 3.84. The molecule has 0 radical (unpaired) electrons. The summed E-state index contributed by atoms with van der Waals surface area (Å²) in [4.78, 5) is 28.2. The van der Waals surface area contributed by atoms with E-state index >= 15 is 0 Å². The lowest BCUT2D eigenvalue weighted by Crippen LogP contribution is -2.45. The number of nitrogens with zero attached hydrogens (tertiary/aromatic N) is 2. The van der Waals surface area contributed by atoms with Crippen molar-refractivity contribution in [2.45, 2.75) is 26.3 Å². The van der Waals surface area contributed by atoms with E-state index in [1.54, 1.807) is 6.07 Å². The van der Waals surface area contributed by atoms with Crippen LogP contribution in [0.15, 0.2) is 30.6 Å². The predicted octanol–water partition coefficient (Wildman–Crippen LogP) is 1.73. The number of nitrogens with one attached hydrogen (secondary N) is 3. The Balaban J connectivity index is 2.10. The van der Waals surface area contributed by atoms with Crippen molar-refractivity contribution in [2.24, 2.45) is 5.92 Å². The Hall–Kier alpha value is -2.77. The van der Waals surface area contributed by atoms with Crippen LogP contribution in [0.1, 0.15) is 30.8 Å². The summed E-state index contributed by atoms with van der Waals surface area (Å²) in [5.41, 5.74) is -0.337. The molecule has 1 atom stereocenters. The van der Waals surface area contributed by atoms with Gasteiger partial charge in [-0.05, 0) is 24.5 Å². The molecule has 2 aromatic rings. The number of carbonyl (C=O) groups excluding carboxylic acids is 2. The molecule has 0 saturated heterocycles. The monoisotopic (exact) mass is 319 g/mol. The third kappa shape index (κ3) is 4.60. The molecule has 0 spiro atoms. The molecule has 8 heteroatoms. The zero-order chi connectivity index (χ0) is 16.8. The summed E-state index contributed by atoms with van der Waals surface area (Å²) >= 11 is 0. The van der Waals surface area contributed by atoms with Crippen LogP contribution < -0.4 is 10.6 Å². The first kappa shape index (κ1) is 16.6. The minimum Gasteiger partial charge on any atom is -0.339 e. The number of rotatable bonds is 6. The van der Waals surface area contributed by atoms with Gasteiger partial charge in [0.05, 0.1) is 6.20 Å². The Bertz CT molecular complexity index is 672. The summed E-state index contributed by atoms with van der Waals surface area (Å²) in [7, 11) is 0. The zero-order valence-corrected chi connectivity index (χ0v) is 12.8. The number of halogens is 1. The maximum atomic E-state index is 13.6. The molecule has 7 nitrogen and oxygen atoms in total. The summed E-state index contributed by atoms with van der Waals surface area (Å²) < 4.78 is 13.6. The zero-order valence-electron chi connectivity index (χ0n) is 12.8. The SMILES string of the molecule is CC(C)CC(NC(=O)c1ncccc1F)C(=O)Nc1ccn[nH]1. The molecule has 0 aromatic carbocycles. The summed E-state index contributed by atoms with van der Waals surface area (Å²) in [5, 5.41) is 11.5. The van der Waals surface area contributed by atoms with Gasteiger partial charge < -0.3 is 10.6 Å². The largest absolute Gasteiger partial charge is 0.339 e. The molecule has 1 unspecified atom stereocenters.